The van der Waals surface area contributed by atoms with Gasteiger partial charge in [-0.25, -0.2) is 0 Å². The summed E-state index contributed by atoms with van der Waals surface area (Å²) in [5.41, 5.74) is -7.78. The number of benzene rings is 2. The van der Waals surface area contributed by atoms with Gasteiger partial charge in [-0.15, -0.1) is 0 Å². The van der Waals surface area contributed by atoms with Crippen molar-refractivity contribution < 1.29 is 49.4 Å². The van der Waals surface area contributed by atoms with E-state index in [-0.39, 0.29) is 11.3 Å². The molecule has 0 aromatic heterocycles. The van der Waals surface area contributed by atoms with E-state index in [0.29, 0.717) is 12.0 Å². The van der Waals surface area contributed by atoms with Crippen LogP contribution in [0.25, 0.3) is 0 Å². The molecule has 10 heteroatoms. The van der Waals surface area contributed by atoms with Crippen LogP contribution in [0.15, 0.2) is 42.5 Å². The number of hydrogen-bond acceptors (Lipinski definition) is 10. The van der Waals surface area contributed by atoms with Crippen molar-refractivity contribution in [3.05, 3.63) is 64.7 Å². The molecule has 1 fully saturated rings. The monoisotopic (exact) mass is 528 g/mol. The molecule has 1 aliphatic rings. The number of rotatable bonds is 8. The van der Waals surface area contributed by atoms with Gasteiger partial charge in [0.1, 0.15) is 18.0 Å². The van der Waals surface area contributed by atoms with Crippen LogP contribution in [-0.2, 0) is 30.3 Å². The summed E-state index contributed by atoms with van der Waals surface area (Å²) in [6, 6.07) is 11.1. The van der Waals surface area contributed by atoms with Crippen LogP contribution in [0.5, 0.6) is 5.75 Å². The Morgan fingerprint density at radius 3 is 1.92 bits per heavy atom. The van der Waals surface area contributed by atoms with Crippen LogP contribution in [0, 0.1) is 6.92 Å². The van der Waals surface area contributed by atoms with Gasteiger partial charge in [0.15, 0.2) is 40.4 Å². The predicted molar refractivity (Wildman–Crippen MR) is 133 cm³/mol. The van der Waals surface area contributed by atoms with Gasteiger partial charge in [-0.1, -0.05) is 30.3 Å². The van der Waals surface area contributed by atoms with E-state index in [2.05, 4.69) is 0 Å². The second kappa shape index (κ2) is 10.1. The molecule has 0 aliphatic carbocycles. The predicted octanol–water partition coefficient (Wildman–Crippen LogP) is 0.642. The van der Waals surface area contributed by atoms with E-state index >= 15 is 0 Å². The fourth-order valence-corrected chi connectivity index (χ4v) is 5.11. The number of aliphatic hydroxyl groups is 4. The molecule has 0 saturated carbocycles. The average Bonchev–Trinajstić information content (AvgIpc) is 2.84. The van der Waals surface area contributed by atoms with Crippen molar-refractivity contribution in [2.75, 3.05) is 0 Å². The Labute approximate surface area is 219 Å². The van der Waals surface area contributed by atoms with Crippen molar-refractivity contribution in [1.82, 2.24) is 0 Å². The lowest BCUT2D eigenvalue weighted by Crippen LogP contribution is -2.85. The Bertz CT molecular complexity index is 1280. The van der Waals surface area contributed by atoms with Gasteiger partial charge >= 0.3 is 0 Å². The van der Waals surface area contributed by atoms with Crippen LogP contribution in [0.4, 0.5) is 0 Å². The van der Waals surface area contributed by atoms with Crippen molar-refractivity contribution in [3.8, 4) is 5.75 Å². The molecule has 0 amide bonds. The molecule has 0 spiro atoms. The molecular weight excluding hydrogens is 496 g/mol. The summed E-state index contributed by atoms with van der Waals surface area (Å²) in [6.45, 7) is 5.23. The lowest BCUT2D eigenvalue weighted by molar-refractivity contribution is -0.315. The summed E-state index contributed by atoms with van der Waals surface area (Å²) in [4.78, 5) is 51.7. The molecule has 6 atom stereocenters. The lowest BCUT2D eigenvalue weighted by Gasteiger charge is -2.57. The summed E-state index contributed by atoms with van der Waals surface area (Å²) < 4.78 is 5.76. The van der Waals surface area contributed by atoms with Crippen molar-refractivity contribution in [2.45, 2.75) is 76.2 Å². The Hall–Kier alpha value is -3.28. The maximum atomic E-state index is 13.0. The van der Waals surface area contributed by atoms with E-state index in [0.717, 1.165) is 38.8 Å². The first-order valence-electron chi connectivity index (χ1n) is 12.0. The van der Waals surface area contributed by atoms with Crippen LogP contribution in [0.2, 0.25) is 0 Å². The number of ketones is 4. The number of ether oxygens (including phenoxy) is 1. The Kier molecular flexibility index (Phi) is 7.80. The van der Waals surface area contributed by atoms with E-state index in [1.54, 1.807) is 31.2 Å². The number of phenols is 1. The average molecular weight is 529 g/mol. The minimum Gasteiger partial charge on any atom is -0.508 e. The molecule has 3 rings (SSSR count). The minimum absolute atomic E-state index is 0.0655. The molecule has 204 valence electrons. The van der Waals surface area contributed by atoms with Gasteiger partial charge in [-0.05, 0) is 75.4 Å². The third kappa shape index (κ3) is 4.28. The smallest absolute Gasteiger partial charge is 0.200 e. The summed E-state index contributed by atoms with van der Waals surface area (Å²) in [5.74, 6) is -5.06. The first kappa shape index (κ1) is 29.3. The summed E-state index contributed by atoms with van der Waals surface area (Å²) >= 11 is 0. The van der Waals surface area contributed by atoms with E-state index in [1.807, 2.05) is 0 Å². The van der Waals surface area contributed by atoms with Gasteiger partial charge in [0.2, 0.25) is 5.60 Å². The van der Waals surface area contributed by atoms with Crippen molar-refractivity contribution in [3.63, 3.8) is 0 Å². The van der Waals surface area contributed by atoms with Crippen molar-refractivity contribution >= 4 is 23.1 Å². The third-order valence-corrected chi connectivity index (χ3v) is 7.39. The van der Waals surface area contributed by atoms with Gasteiger partial charge in [-0.3, -0.25) is 19.2 Å². The lowest BCUT2D eigenvalue weighted by atomic mass is 9.58. The van der Waals surface area contributed by atoms with Crippen LogP contribution >= 0.6 is 0 Å². The van der Waals surface area contributed by atoms with E-state index < -0.39 is 58.2 Å². The second-order valence-corrected chi connectivity index (χ2v) is 9.92. The largest absolute Gasteiger partial charge is 0.508 e. The van der Waals surface area contributed by atoms with Crippen molar-refractivity contribution in [1.29, 1.82) is 0 Å². The number of Topliss-reactive ketones (excluding diaryl/α,β-unsaturated/α-hetero) is 4. The molecular formula is C28H32O10. The van der Waals surface area contributed by atoms with Crippen LogP contribution in [0.3, 0.4) is 0 Å². The fourth-order valence-electron chi connectivity index (χ4n) is 5.11. The Morgan fingerprint density at radius 1 is 0.895 bits per heavy atom. The second-order valence-electron chi connectivity index (χ2n) is 9.92. The third-order valence-electron chi connectivity index (χ3n) is 7.39. The van der Waals surface area contributed by atoms with Gasteiger partial charge in [0, 0.05) is 0 Å². The highest BCUT2D eigenvalue weighted by Crippen LogP contribution is 2.52. The van der Waals surface area contributed by atoms with Gasteiger partial charge < -0.3 is 30.3 Å². The van der Waals surface area contributed by atoms with E-state index in [4.69, 9.17) is 4.74 Å². The highest BCUT2D eigenvalue weighted by Gasteiger charge is 2.79. The molecule has 0 radical (unpaired) electrons. The number of aliphatic hydroxyl groups excluding tert-OH is 1. The molecule has 38 heavy (non-hydrogen) atoms. The minimum atomic E-state index is -3.52. The number of aryl methyl sites for hydroxylation is 1. The fraction of sp³-hybridized carbons (Fsp3) is 0.429. The van der Waals surface area contributed by atoms with Crippen LogP contribution in [0.1, 0.15) is 56.1 Å². The SMILES string of the molecule is CC(=O)[C@]1(O)[C@@](O)(C(C)=O)[C@@H](C(=O)C(C)O)O[C@@H](c2ccc(C)c(Cc3ccc(O)cc3)c2)[C@@]1(O)C(C)=O. The zero-order valence-electron chi connectivity index (χ0n) is 21.8. The zero-order valence-corrected chi connectivity index (χ0v) is 21.8. The summed E-state index contributed by atoms with van der Waals surface area (Å²) in [6.07, 6.45) is -5.66. The van der Waals surface area contributed by atoms with Gasteiger partial charge in [0.25, 0.3) is 0 Å². The molecule has 10 nitrogen and oxygen atoms in total. The molecule has 1 aliphatic heterocycles. The number of phenolic OH excluding ortho intramolecular Hbond substituents is 1. The van der Waals surface area contributed by atoms with Gasteiger partial charge in [0.05, 0.1) is 0 Å². The van der Waals surface area contributed by atoms with Crippen LogP contribution in [-0.4, -0.2) is 77.7 Å². The quantitative estimate of drug-likeness (QED) is 0.326. The summed E-state index contributed by atoms with van der Waals surface area (Å²) in [7, 11) is 0. The Balaban J connectivity index is 2.29. The molecule has 2 aromatic rings. The first-order valence-corrected chi connectivity index (χ1v) is 12.0. The van der Waals surface area contributed by atoms with Gasteiger partial charge in [-0.2, -0.15) is 0 Å². The highest BCUT2D eigenvalue weighted by atomic mass is 16.6. The number of aromatic hydroxyl groups is 1. The first-order chi connectivity index (χ1) is 17.5. The molecule has 5 N–H and O–H groups in total. The number of carbonyl (C=O) groups is 4. The number of carbonyl (C=O) groups excluding carboxylic acids is 4. The normalized spacial score (nSPS) is 29.9. The van der Waals surface area contributed by atoms with E-state index in [1.165, 1.54) is 18.2 Å². The van der Waals surface area contributed by atoms with Crippen LogP contribution < -0.4 is 0 Å². The Morgan fingerprint density at radius 2 is 1.45 bits per heavy atom. The number of hydrogen-bond donors (Lipinski definition) is 5. The van der Waals surface area contributed by atoms with E-state index in [9.17, 15) is 44.7 Å². The maximum absolute atomic E-state index is 13.0. The topological polar surface area (TPSA) is 179 Å². The van der Waals surface area contributed by atoms with Crippen molar-refractivity contribution in [2.24, 2.45) is 0 Å². The molecule has 2 aromatic carbocycles. The zero-order chi connectivity index (χ0) is 28.8. The molecule has 1 unspecified atom stereocenters. The standard InChI is InChI=1S/C28H32O10/c1-14-6-9-20(13-21(14)12-19-7-10-22(33)11-8-19)24-26(35,16(3)30)28(37,18(5)32)27(36,17(4)31)25(38-24)23(34)15(2)29/h6-11,13,15,24-25,29,33,35-37H,12H2,1-5H3/t15?,24-,25+,26-,27+,28+/m0/s1. The molecule has 1 saturated heterocycles. The maximum Gasteiger partial charge on any atom is 0.200 e. The highest BCUT2D eigenvalue weighted by molar-refractivity contribution is 6.08. The molecule has 0 bridgehead atoms. The molecule has 1 heterocycles. The summed E-state index contributed by atoms with van der Waals surface area (Å²) in [5, 5.41) is 54.5.